The molecule has 8 heteroatoms. The molecule has 1 aliphatic rings. The van der Waals surface area contributed by atoms with Gasteiger partial charge in [-0.05, 0) is 31.9 Å². The molecule has 2 heterocycles. The number of fused-ring (bicyclic) bond motifs is 1. The molecule has 0 spiro atoms. The number of nitrogens with zero attached hydrogens (tertiary/aromatic N) is 3. The van der Waals surface area contributed by atoms with E-state index in [0.717, 1.165) is 55.9 Å². The van der Waals surface area contributed by atoms with Gasteiger partial charge in [0.25, 0.3) is 5.82 Å². The normalized spacial score (nSPS) is 15.3. The molecule has 1 fully saturated rings. The number of hydrogen-bond acceptors (Lipinski definition) is 5. The van der Waals surface area contributed by atoms with E-state index in [1.165, 1.54) is 0 Å². The zero-order chi connectivity index (χ0) is 20.8. The average molecular weight is 405 g/mol. The molecule has 29 heavy (non-hydrogen) atoms. The number of rotatable bonds is 9. The number of carbonyl (C=O) groups is 1. The van der Waals surface area contributed by atoms with Crippen molar-refractivity contribution >= 4 is 16.9 Å². The molecule has 1 aromatic heterocycles. The molecule has 1 amide bonds. The average Bonchev–Trinajstić information content (AvgIpc) is 3.03. The molecule has 160 valence electrons. The van der Waals surface area contributed by atoms with Crippen LogP contribution >= 0.6 is 0 Å². The van der Waals surface area contributed by atoms with E-state index in [0.29, 0.717) is 25.7 Å². The van der Waals surface area contributed by atoms with Gasteiger partial charge in [-0.3, -0.25) is 4.79 Å². The quantitative estimate of drug-likeness (QED) is 0.482. The summed E-state index contributed by atoms with van der Waals surface area (Å²) in [6.07, 6.45) is 1.85. The summed E-state index contributed by atoms with van der Waals surface area (Å²) in [6, 6.07) is 5.20. The first kappa shape index (κ1) is 21.5. The van der Waals surface area contributed by atoms with Gasteiger partial charge in [-0.1, -0.05) is 6.07 Å². The van der Waals surface area contributed by atoms with Crippen molar-refractivity contribution in [3.8, 4) is 5.75 Å². The summed E-state index contributed by atoms with van der Waals surface area (Å²) < 4.78 is 14.7. The smallest absolute Gasteiger partial charge is 0.271 e. The highest BCUT2D eigenvalue weighted by molar-refractivity contribution is 5.77. The molecule has 1 aliphatic heterocycles. The highest BCUT2D eigenvalue weighted by Gasteiger charge is 2.28. The molecule has 0 bridgehead atoms. The number of nitrogens with two attached hydrogens (primary N) is 1. The lowest BCUT2D eigenvalue weighted by Crippen LogP contribution is -2.42. The van der Waals surface area contributed by atoms with E-state index in [1.54, 1.807) is 19.2 Å². The Balaban J connectivity index is 1.65. The summed E-state index contributed by atoms with van der Waals surface area (Å²) in [4.78, 5) is 14.2. The van der Waals surface area contributed by atoms with E-state index < -0.39 is 0 Å². The van der Waals surface area contributed by atoms with Crippen LogP contribution in [0.2, 0.25) is 0 Å². The van der Waals surface area contributed by atoms with Gasteiger partial charge in [-0.2, -0.15) is 0 Å². The summed E-state index contributed by atoms with van der Waals surface area (Å²) in [5.41, 5.74) is 8.07. The number of ether oxygens (including phenoxy) is 2. The van der Waals surface area contributed by atoms with Crippen molar-refractivity contribution in [2.24, 2.45) is 11.7 Å². The molecule has 0 atom stereocenters. The molecule has 8 nitrogen and oxygen atoms in total. The van der Waals surface area contributed by atoms with Crippen molar-refractivity contribution in [1.82, 2.24) is 9.47 Å². The number of imidazole rings is 1. The van der Waals surface area contributed by atoms with Crippen LogP contribution in [0.4, 0.5) is 0 Å². The summed E-state index contributed by atoms with van der Waals surface area (Å²) >= 11 is 0. The maximum atomic E-state index is 12.3. The Bertz CT molecular complexity index is 828. The molecule has 2 aromatic rings. The lowest BCUT2D eigenvalue weighted by molar-refractivity contribution is -0.676. The number of aryl methyl sites for hydroxylation is 1. The van der Waals surface area contributed by atoms with E-state index in [1.807, 2.05) is 11.0 Å². The van der Waals surface area contributed by atoms with Gasteiger partial charge >= 0.3 is 0 Å². The van der Waals surface area contributed by atoms with Gasteiger partial charge < -0.3 is 25.2 Å². The van der Waals surface area contributed by atoms with E-state index in [2.05, 4.69) is 16.1 Å². The summed E-state index contributed by atoms with van der Waals surface area (Å²) in [6.45, 7) is 6.63. The highest BCUT2D eigenvalue weighted by atomic mass is 16.5. The molecule has 1 aromatic carbocycles. The Kier molecular flexibility index (Phi) is 7.46. The van der Waals surface area contributed by atoms with Crippen molar-refractivity contribution in [2.45, 2.75) is 39.4 Å². The number of aromatic nitrogens is 2. The number of amides is 1. The minimum atomic E-state index is 0.0111. The first-order valence-corrected chi connectivity index (χ1v) is 10.4. The van der Waals surface area contributed by atoms with Crippen LogP contribution in [0.5, 0.6) is 5.75 Å². The van der Waals surface area contributed by atoms with Gasteiger partial charge in [0, 0.05) is 26.1 Å². The molecule has 1 saturated heterocycles. The third kappa shape index (κ3) is 4.88. The number of hydrogen-bond donors (Lipinski definition) is 1. The van der Waals surface area contributed by atoms with Gasteiger partial charge in [0.2, 0.25) is 5.91 Å². The maximum absolute atomic E-state index is 12.3. The third-order valence-electron chi connectivity index (χ3n) is 5.72. The molecule has 0 saturated carbocycles. The largest absolute Gasteiger partial charge is 0.872 e. The van der Waals surface area contributed by atoms with Gasteiger partial charge in [-0.15, -0.1) is 5.75 Å². The zero-order valence-corrected chi connectivity index (χ0v) is 17.4. The van der Waals surface area contributed by atoms with Gasteiger partial charge in [0.15, 0.2) is 11.0 Å². The van der Waals surface area contributed by atoms with Crippen LogP contribution in [0.15, 0.2) is 18.2 Å². The van der Waals surface area contributed by atoms with Crippen LogP contribution < -0.4 is 15.4 Å². The highest BCUT2D eigenvalue weighted by Crippen LogP contribution is 2.24. The Morgan fingerprint density at radius 3 is 2.72 bits per heavy atom. The zero-order valence-electron chi connectivity index (χ0n) is 17.4. The Morgan fingerprint density at radius 2 is 2.07 bits per heavy atom. The van der Waals surface area contributed by atoms with Crippen LogP contribution in [0, 0.1) is 5.92 Å². The minimum absolute atomic E-state index is 0.0111. The molecule has 0 aliphatic carbocycles. The van der Waals surface area contributed by atoms with E-state index in [9.17, 15) is 9.90 Å². The fraction of sp³-hybridized carbons (Fsp3) is 0.619. The van der Waals surface area contributed by atoms with Crippen LogP contribution in [0.1, 0.15) is 25.6 Å². The molecular weight excluding hydrogens is 372 g/mol. The summed E-state index contributed by atoms with van der Waals surface area (Å²) in [7, 11) is 1.61. The predicted molar refractivity (Wildman–Crippen MR) is 107 cm³/mol. The SMILES string of the molecule is CC[n+]1c(CN)n(CC2CCN(C(=O)COCCOC)CC2)c2cc([O-])ccc21. The fourth-order valence-electron chi connectivity index (χ4n) is 4.16. The monoisotopic (exact) mass is 404 g/mol. The van der Waals surface area contributed by atoms with Crippen LogP contribution in [0.3, 0.4) is 0 Å². The standard InChI is InChI=1S/C21H32N4O4/c1-3-24-18-5-4-17(26)12-19(18)25(20(24)13-22)14-16-6-8-23(9-7-16)21(27)15-29-11-10-28-2/h4-5,12,16H,3,6-11,13-15,22H2,1-2H3. The molecule has 0 unspecified atom stereocenters. The van der Waals surface area contributed by atoms with Gasteiger partial charge in [0.05, 0.1) is 32.8 Å². The molecule has 3 rings (SSSR count). The topological polar surface area (TPSA) is 96.7 Å². The van der Waals surface area contributed by atoms with Crippen LogP contribution in [-0.2, 0) is 33.9 Å². The molecular formula is C21H32N4O4. The first-order valence-electron chi connectivity index (χ1n) is 10.4. The lowest BCUT2D eigenvalue weighted by Gasteiger charge is -2.31. The van der Waals surface area contributed by atoms with E-state index in [-0.39, 0.29) is 18.3 Å². The summed E-state index contributed by atoms with van der Waals surface area (Å²) in [5, 5.41) is 12.0. The second-order valence-corrected chi connectivity index (χ2v) is 7.50. The van der Waals surface area contributed by atoms with Crippen molar-refractivity contribution in [3.63, 3.8) is 0 Å². The molecule has 2 N–H and O–H groups in total. The second-order valence-electron chi connectivity index (χ2n) is 7.50. The van der Waals surface area contributed by atoms with Crippen molar-refractivity contribution in [1.29, 1.82) is 0 Å². The number of benzene rings is 1. The Morgan fingerprint density at radius 1 is 1.31 bits per heavy atom. The molecule has 0 radical (unpaired) electrons. The number of methoxy groups -OCH3 is 1. The van der Waals surface area contributed by atoms with Crippen molar-refractivity contribution < 1.29 is 23.9 Å². The van der Waals surface area contributed by atoms with E-state index >= 15 is 0 Å². The van der Waals surface area contributed by atoms with Gasteiger partial charge in [0.1, 0.15) is 6.61 Å². The summed E-state index contributed by atoms with van der Waals surface area (Å²) in [5.74, 6) is 1.53. The predicted octanol–water partition coefficient (Wildman–Crippen LogP) is 0.383. The van der Waals surface area contributed by atoms with Gasteiger partial charge in [-0.25, -0.2) is 9.13 Å². The fourth-order valence-corrected chi connectivity index (χ4v) is 4.16. The minimum Gasteiger partial charge on any atom is -0.872 e. The lowest BCUT2D eigenvalue weighted by atomic mass is 9.96. The first-order chi connectivity index (χ1) is 14.1. The van der Waals surface area contributed by atoms with Crippen LogP contribution in [-0.4, -0.2) is 55.4 Å². The maximum Gasteiger partial charge on any atom is 0.271 e. The number of likely N-dealkylation sites (tertiary alicyclic amines) is 1. The number of piperidine rings is 1. The van der Waals surface area contributed by atoms with Crippen molar-refractivity contribution in [2.75, 3.05) is 40.0 Å². The van der Waals surface area contributed by atoms with E-state index in [4.69, 9.17) is 15.2 Å². The third-order valence-corrected chi connectivity index (χ3v) is 5.72. The Hall–Kier alpha value is -2.16. The van der Waals surface area contributed by atoms with Crippen molar-refractivity contribution in [3.05, 3.63) is 24.0 Å². The Labute approximate surface area is 171 Å². The second kappa shape index (κ2) is 10.0. The van der Waals surface area contributed by atoms with Crippen LogP contribution in [0.25, 0.3) is 11.0 Å². The number of carbonyl (C=O) groups excluding carboxylic acids is 1.